The summed E-state index contributed by atoms with van der Waals surface area (Å²) >= 11 is 0. The smallest absolute Gasteiger partial charge is 0.224 e. The minimum absolute atomic E-state index is 0.103. The predicted molar refractivity (Wildman–Crippen MR) is 88.8 cm³/mol. The molecule has 0 aliphatic rings. The second-order valence-electron chi connectivity index (χ2n) is 5.45. The highest BCUT2D eigenvalue weighted by molar-refractivity contribution is 5.78. The van der Waals surface area contributed by atoms with Gasteiger partial charge in [0.15, 0.2) is 5.76 Å². The Morgan fingerprint density at radius 1 is 1.08 bits per heavy atom. The lowest BCUT2D eigenvalue weighted by molar-refractivity contribution is -0.120. The molecule has 1 heterocycles. The van der Waals surface area contributed by atoms with Crippen molar-refractivity contribution >= 4 is 5.91 Å². The second kappa shape index (κ2) is 7.55. The van der Waals surface area contributed by atoms with Gasteiger partial charge in [0, 0.05) is 24.6 Å². The van der Waals surface area contributed by atoms with Crippen molar-refractivity contribution in [2.75, 3.05) is 6.54 Å². The minimum Gasteiger partial charge on any atom is -0.356 e. The van der Waals surface area contributed by atoms with Gasteiger partial charge in [0.2, 0.25) is 5.91 Å². The van der Waals surface area contributed by atoms with Crippen LogP contribution in [0.5, 0.6) is 0 Å². The molecule has 3 aromatic rings. The van der Waals surface area contributed by atoms with Crippen molar-refractivity contribution in [3.8, 4) is 11.3 Å². The van der Waals surface area contributed by atoms with Gasteiger partial charge in [-0.25, -0.2) is 4.39 Å². The Morgan fingerprint density at radius 3 is 2.58 bits per heavy atom. The van der Waals surface area contributed by atoms with Crippen LogP contribution in [-0.4, -0.2) is 17.6 Å². The van der Waals surface area contributed by atoms with Gasteiger partial charge in [-0.1, -0.05) is 47.6 Å². The molecule has 4 nitrogen and oxygen atoms in total. The standard InChI is InChI=1S/C19H17FN2O2/c20-16-8-6-14(7-9-16)12-19(23)21-11-10-17-13-18(24-22-17)15-4-2-1-3-5-15/h1-9,13H,10-12H2,(H,21,23). The van der Waals surface area contributed by atoms with Crippen LogP contribution in [0, 0.1) is 5.82 Å². The van der Waals surface area contributed by atoms with Gasteiger partial charge in [0.25, 0.3) is 0 Å². The summed E-state index contributed by atoms with van der Waals surface area (Å²) in [6, 6.07) is 17.5. The zero-order chi connectivity index (χ0) is 16.8. The lowest BCUT2D eigenvalue weighted by Gasteiger charge is -2.04. The van der Waals surface area contributed by atoms with Gasteiger partial charge in [-0.05, 0) is 17.7 Å². The van der Waals surface area contributed by atoms with Crippen LogP contribution in [0.25, 0.3) is 11.3 Å². The van der Waals surface area contributed by atoms with Gasteiger partial charge in [-0.3, -0.25) is 4.79 Å². The zero-order valence-corrected chi connectivity index (χ0v) is 13.0. The molecule has 1 amide bonds. The molecule has 0 bridgehead atoms. The molecule has 1 aromatic heterocycles. The maximum atomic E-state index is 12.8. The number of benzene rings is 2. The molecular formula is C19H17FN2O2. The molecule has 122 valence electrons. The molecule has 0 fully saturated rings. The summed E-state index contributed by atoms with van der Waals surface area (Å²) in [7, 11) is 0. The van der Waals surface area contributed by atoms with E-state index in [-0.39, 0.29) is 18.1 Å². The summed E-state index contributed by atoms with van der Waals surface area (Å²) in [4.78, 5) is 11.9. The fourth-order valence-electron chi connectivity index (χ4n) is 2.35. The molecule has 2 aromatic carbocycles. The van der Waals surface area contributed by atoms with Gasteiger partial charge in [0.1, 0.15) is 5.82 Å². The van der Waals surface area contributed by atoms with E-state index in [2.05, 4.69) is 10.5 Å². The van der Waals surface area contributed by atoms with Crippen molar-refractivity contribution < 1.29 is 13.7 Å². The number of carbonyl (C=O) groups is 1. The van der Waals surface area contributed by atoms with Gasteiger partial charge >= 0.3 is 0 Å². The lowest BCUT2D eigenvalue weighted by atomic mass is 10.1. The molecular weight excluding hydrogens is 307 g/mol. The number of nitrogens with one attached hydrogen (secondary N) is 1. The first-order valence-electron chi connectivity index (χ1n) is 7.73. The van der Waals surface area contributed by atoms with Crippen molar-refractivity contribution in [2.45, 2.75) is 12.8 Å². The van der Waals surface area contributed by atoms with E-state index in [1.165, 1.54) is 12.1 Å². The van der Waals surface area contributed by atoms with Crippen LogP contribution in [-0.2, 0) is 17.6 Å². The summed E-state index contributed by atoms with van der Waals surface area (Å²) in [5.74, 6) is 0.302. The van der Waals surface area contributed by atoms with Gasteiger partial charge in [0.05, 0.1) is 12.1 Å². The highest BCUT2D eigenvalue weighted by Crippen LogP contribution is 2.19. The highest BCUT2D eigenvalue weighted by Gasteiger charge is 2.07. The van der Waals surface area contributed by atoms with Crippen molar-refractivity contribution in [3.63, 3.8) is 0 Å². The maximum Gasteiger partial charge on any atom is 0.224 e. The monoisotopic (exact) mass is 324 g/mol. The molecule has 0 saturated carbocycles. The Hall–Kier alpha value is -2.95. The van der Waals surface area contributed by atoms with E-state index < -0.39 is 0 Å². The Morgan fingerprint density at radius 2 is 1.83 bits per heavy atom. The first-order chi connectivity index (χ1) is 11.7. The third-order valence-corrected chi connectivity index (χ3v) is 3.60. The summed E-state index contributed by atoms with van der Waals surface area (Å²) in [5, 5.41) is 6.84. The fourth-order valence-corrected chi connectivity index (χ4v) is 2.35. The molecule has 24 heavy (non-hydrogen) atoms. The molecule has 0 saturated heterocycles. The molecule has 5 heteroatoms. The predicted octanol–water partition coefficient (Wildman–Crippen LogP) is 3.38. The Bertz CT molecular complexity index is 798. The van der Waals surface area contributed by atoms with E-state index in [4.69, 9.17) is 4.52 Å². The number of hydrogen-bond acceptors (Lipinski definition) is 3. The summed E-state index contributed by atoms with van der Waals surface area (Å²) in [5.41, 5.74) is 2.54. The first kappa shape index (κ1) is 15.9. The fraction of sp³-hybridized carbons (Fsp3) is 0.158. The van der Waals surface area contributed by atoms with Crippen molar-refractivity contribution in [1.82, 2.24) is 10.5 Å². The molecule has 0 unspecified atom stereocenters. The van der Waals surface area contributed by atoms with E-state index in [0.717, 1.165) is 16.8 Å². The summed E-state index contributed by atoms with van der Waals surface area (Å²) in [6.45, 7) is 0.473. The number of amides is 1. The van der Waals surface area contributed by atoms with Crippen molar-refractivity contribution in [3.05, 3.63) is 77.7 Å². The third-order valence-electron chi connectivity index (χ3n) is 3.60. The van der Waals surface area contributed by atoms with Gasteiger partial charge < -0.3 is 9.84 Å². The molecule has 1 N–H and O–H groups in total. The Kier molecular flexibility index (Phi) is 5.01. The average molecular weight is 324 g/mol. The van der Waals surface area contributed by atoms with E-state index >= 15 is 0 Å². The quantitative estimate of drug-likeness (QED) is 0.756. The first-order valence-corrected chi connectivity index (χ1v) is 7.73. The molecule has 0 aliphatic heterocycles. The van der Waals surface area contributed by atoms with Crippen LogP contribution in [0.15, 0.2) is 65.2 Å². The number of carbonyl (C=O) groups excluding carboxylic acids is 1. The summed E-state index contributed by atoms with van der Waals surface area (Å²) < 4.78 is 18.1. The Balaban J connectivity index is 1.47. The second-order valence-corrected chi connectivity index (χ2v) is 5.45. The Labute approximate surface area is 139 Å². The molecule has 0 atom stereocenters. The molecule has 0 spiro atoms. The van der Waals surface area contributed by atoms with E-state index in [0.29, 0.717) is 18.7 Å². The topological polar surface area (TPSA) is 55.1 Å². The highest BCUT2D eigenvalue weighted by atomic mass is 19.1. The van der Waals surface area contributed by atoms with Crippen LogP contribution in [0.4, 0.5) is 4.39 Å². The zero-order valence-electron chi connectivity index (χ0n) is 13.0. The lowest BCUT2D eigenvalue weighted by Crippen LogP contribution is -2.27. The third kappa shape index (κ3) is 4.29. The van der Waals surface area contributed by atoms with E-state index in [1.54, 1.807) is 12.1 Å². The van der Waals surface area contributed by atoms with Crippen LogP contribution >= 0.6 is 0 Å². The largest absolute Gasteiger partial charge is 0.356 e. The van der Waals surface area contributed by atoms with Crippen molar-refractivity contribution in [1.29, 1.82) is 0 Å². The summed E-state index contributed by atoms with van der Waals surface area (Å²) in [6.07, 6.45) is 0.819. The SMILES string of the molecule is O=C(Cc1ccc(F)cc1)NCCc1cc(-c2ccccc2)on1. The van der Waals surface area contributed by atoms with Gasteiger partial charge in [-0.15, -0.1) is 0 Å². The maximum absolute atomic E-state index is 12.8. The average Bonchev–Trinajstić information content (AvgIpc) is 3.07. The van der Waals surface area contributed by atoms with Crippen LogP contribution in [0.1, 0.15) is 11.3 Å². The minimum atomic E-state index is -0.306. The van der Waals surface area contributed by atoms with Crippen LogP contribution < -0.4 is 5.32 Å². The number of hydrogen-bond donors (Lipinski definition) is 1. The number of rotatable bonds is 6. The van der Waals surface area contributed by atoms with Crippen molar-refractivity contribution in [2.24, 2.45) is 0 Å². The van der Waals surface area contributed by atoms with Gasteiger partial charge in [-0.2, -0.15) is 0 Å². The normalized spacial score (nSPS) is 10.5. The van der Waals surface area contributed by atoms with Crippen LogP contribution in [0.2, 0.25) is 0 Å². The van der Waals surface area contributed by atoms with E-state index in [1.807, 2.05) is 36.4 Å². The number of nitrogens with zero attached hydrogens (tertiary/aromatic N) is 1. The van der Waals surface area contributed by atoms with E-state index in [9.17, 15) is 9.18 Å². The van der Waals surface area contributed by atoms with Crippen LogP contribution in [0.3, 0.4) is 0 Å². The molecule has 0 radical (unpaired) electrons. The number of aromatic nitrogens is 1. The molecule has 0 aliphatic carbocycles. The number of halogens is 1. The molecule has 3 rings (SSSR count).